The number of methoxy groups -OCH3 is 1. The van der Waals surface area contributed by atoms with Crippen LogP contribution >= 0.6 is 15.9 Å². The Morgan fingerprint density at radius 3 is 3.03 bits per heavy atom. The molecule has 0 saturated carbocycles. The molecule has 2 N–H and O–H groups in total. The highest BCUT2D eigenvalue weighted by Crippen LogP contribution is 2.35. The number of H-pyrrole nitrogens is 1. The van der Waals surface area contributed by atoms with E-state index >= 15 is 0 Å². The Labute approximate surface area is 194 Å². The zero-order valence-corrected chi connectivity index (χ0v) is 19.3. The van der Waals surface area contributed by atoms with Gasteiger partial charge in [-0.2, -0.15) is 0 Å². The fourth-order valence-corrected chi connectivity index (χ4v) is 4.23. The maximum absolute atomic E-state index is 13.3. The molecule has 32 heavy (non-hydrogen) atoms. The highest BCUT2D eigenvalue weighted by Gasteiger charge is 2.36. The first-order chi connectivity index (χ1) is 15.6. The molecule has 170 valence electrons. The lowest BCUT2D eigenvalue weighted by molar-refractivity contribution is -0.135. The summed E-state index contributed by atoms with van der Waals surface area (Å²) in [7, 11) is 1.26. The predicted molar refractivity (Wildman–Crippen MR) is 120 cm³/mol. The van der Waals surface area contributed by atoms with E-state index in [1.165, 1.54) is 7.11 Å². The molecule has 2 atom stereocenters. The fourth-order valence-electron chi connectivity index (χ4n) is 3.89. The highest BCUT2D eigenvalue weighted by molar-refractivity contribution is 9.10. The van der Waals surface area contributed by atoms with Crippen LogP contribution in [0.15, 0.2) is 41.0 Å². The van der Waals surface area contributed by atoms with Gasteiger partial charge in [-0.25, -0.2) is 9.78 Å². The molecule has 1 aromatic heterocycles. The number of nitrogens with one attached hydrogen (secondary N) is 2. The second-order valence-electron chi connectivity index (χ2n) is 7.51. The summed E-state index contributed by atoms with van der Waals surface area (Å²) in [6.07, 6.45) is 6.42. The van der Waals surface area contributed by atoms with Gasteiger partial charge in [0, 0.05) is 22.8 Å². The van der Waals surface area contributed by atoms with Gasteiger partial charge in [0.25, 0.3) is 0 Å². The van der Waals surface area contributed by atoms with E-state index in [9.17, 15) is 9.59 Å². The average molecular weight is 505 g/mol. The number of benzene rings is 1. The molecule has 2 bridgehead atoms. The van der Waals surface area contributed by atoms with E-state index in [1.807, 2.05) is 36.5 Å². The van der Waals surface area contributed by atoms with Crippen molar-refractivity contribution in [2.75, 3.05) is 33.5 Å². The number of halogens is 1. The minimum atomic E-state index is -0.854. The largest absolute Gasteiger partial charge is 0.489 e. The van der Waals surface area contributed by atoms with Crippen molar-refractivity contribution in [1.82, 2.24) is 20.2 Å². The number of ether oxygens (including phenoxy) is 3. The Morgan fingerprint density at radius 1 is 1.34 bits per heavy atom. The Hall–Kier alpha value is -2.85. The predicted octanol–water partition coefficient (Wildman–Crippen LogP) is 3.19. The van der Waals surface area contributed by atoms with Crippen LogP contribution < -0.4 is 10.1 Å². The summed E-state index contributed by atoms with van der Waals surface area (Å²) in [5.41, 5.74) is 1.60. The first-order valence-electron chi connectivity index (χ1n) is 10.4. The molecule has 1 fully saturated rings. The van der Waals surface area contributed by atoms with Crippen LogP contribution in [0.1, 0.15) is 24.7 Å². The molecule has 2 amide bonds. The van der Waals surface area contributed by atoms with Crippen molar-refractivity contribution in [3.8, 4) is 17.0 Å². The minimum absolute atomic E-state index is 0.0293. The van der Waals surface area contributed by atoms with Crippen LogP contribution in [-0.4, -0.2) is 66.4 Å². The van der Waals surface area contributed by atoms with Gasteiger partial charge in [-0.3, -0.25) is 4.79 Å². The topological polar surface area (TPSA) is 106 Å². The lowest BCUT2D eigenvalue weighted by atomic mass is 10.1. The van der Waals surface area contributed by atoms with Gasteiger partial charge >= 0.3 is 6.09 Å². The number of aromatic nitrogens is 2. The smallest absolute Gasteiger partial charge is 0.407 e. The highest BCUT2D eigenvalue weighted by atomic mass is 79.9. The average Bonchev–Trinajstić information content (AvgIpc) is 3.46. The lowest BCUT2D eigenvalue weighted by Crippen LogP contribution is -2.50. The van der Waals surface area contributed by atoms with Crippen LogP contribution in [0.5, 0.6) is 5.75 Å². The van der Waals surface area contributed by atoms with Crippen molar-refractivity contribution in [1.29, 1.82) is 0 Å². The molecule has 0 spiro atoms. The van der Waals surface area contributed by atoms with Gasteiger partial charge < -0.3 is 29.4 Å². The van der Waals surface area contributed by atoms with E-state index in [1.54, 1.807) is 4.90 Å². The number of carbonyl (C=O) groups is 2. The molecule has 1 aromatic carbocycles. The normalized spacial score (nSPS) is 22.4. The van der Waals surface area contributed by atoms with E-state index in [4.69, 9.17) is 14.5 Å². The molecule has 4 rings (SSSR count). The molecule has 0 aliphatic carbocycles. The van der Waals surface area contributed by atoms with Crippen LogP contribution in [0.3, 0.4) is 0 Å². The van der Waals surface area contributed by atoms with Gasteiger partial charge in [-0.05, 0) is 37.1 Å². The van der Waals surface area contributed by atoms with Crippen molar-refractivity contribution in [3.05, 3.63) is 46.8 Å². The van der Waals surface area contributed by atoms with E-state index in [0.29, 0.717) is 24.7 Å². The van der Waals surface area contributed by atoms with Crippen molar-refractivity contribution in [2.24, 2.45) is 0 Å². The zero-order valence-electron chi connectivity index (χ0n) is 17.7. The third-order valence-corrected chi connectivity index (χ3v) is 5.94. The molecule has 2 aromatic rings. The van der Waals surface area contributed by atoms with Gasteiger partial charge in [-0.1, -0.05) is 22.0 Å². The number of nitrogens with zero attached hydrogens (tertiary/aromatic N) is 2. The standard InChI is InChI=1S/C22H25BrN4O5/c1-30-22(29)26-17-13-31-9-2-3-10-32-19-11-14(23)6-7-15(19)16-12-24-20(25-16)18-5-4-8-27(18)21(17)28/h2-3,6-7,11-12,17-18H,4-5,8-10,13H2,1H3,(H,24,25)(H,26,29)/b3-2-/t17-,18?/m0/s1. The summed E-state index contributed by atoms with van der Waals surface area (Å²) in [6, 6.07) is 4.72. The second kappa shape index (κ2) is 10.2. The van der Waals surface area contributed by atoms with Gasteiger partial charge in [-0.15, -0.1) is 0 Å². The number of hydrogen-bond acceptors (Lipinski definition) is 6. The molecule has 9 nitrogen and oxygen atoms in total. The van der Waals surface area contributed by atoms with E-state index in [2.05, 4.69) is 31.0 Å². The maximum Gasteiger partial charge on any atom is 0.407 e. The summed E-state index contributed by atoms with van der Waals surface area (Å²) in [6.45, 7) is 1.24. The van der Waals surface area contributed by atoms with Gasteiger partial charge in [0.1, 0.15) is 24.2 Å². The molecule has 2 aliphatic heterocycles. The van der Waals surface area contributed by atoms with E-state index < -0.39 is 12.1 Å². The SMILES string of the molecule is COC(=O)N[C@H]1COC/C=C\COc2cc(Br)ccc2-c2c[nH]c(n2)C2CCCN2C1=O. The number of alkyl carbamates (subject to hydrolysis) is 1. The number of aromatic amines is 1. The zero-order chi connectivity index (χ0) is 22.5. The third-order valence-electron chi connectivity index (χ3n) is 5.44. The number of fused-ring (bicyclic) bond motifs is 6. The minimum Gasteiger partial charge on any atom is -0.489 e. The summed E-state index contributed by atoms with van der Waals surface area (Å²) < 4.78 is 17.2. The summed E-state index contributed by atoms with van der Waals surface area (Å²) >= 11 is 3.49. The molecule has 2 aliphatic rings. The fraction of sp³-hybridized carbons (Fsp3) is 0.409. The van der Waals surface area contributed by atoms with Crippen molar-refractivity contribution in [2.45, 2.75) is 24.9 Å². The van der Waals surface area contributed by atoms with Crippen molar-refractivity contribution < 1.29 is 23.8 Å². The van der Waals surface area contributed by atoms with E-state index in [-0.39, 0.29) is 25.2 Å². The number of carbonyl (C=O) groups excluding carboxylic acids is 2. The molecule has 1 unspecified atom stereocenters. The molecular weight excluding hydrogens is 480 g/mol. The summed E-state index contributed by atoms with van der Waals surface area (Å²) in [4.78, 5) is 34.9. The Balaban J connectivity index is 1.67. The monoisotopic (exact) mass is 504 g/mol. The molecule has 10 heteroatoms. The van der Waals surface area contributed by atoms with Crippen LogP contribution in [-0.2, 0) is 14.3 Å². The van der Waals surface area contributed by atoms with Crippen molar-refractivity contribution >= 4 is 27.9 Å². The Bertz CT molecular complexity index is 1010. The van der Waals surface area contributed by atoms with Crippen LogP contribution in [0.4, 0.5) is 4.79 Å². The van der Waals surface area contributed by atoms with Gasteiger partial charge in [0.15, 0.2) is 0 Å². The van der Waals surface area contributed by atoms with Gasteiger partial charge in [0.2, 0.25) is 5.91 Å². The second-order valence-corrected chi connectivity index (χ2v) is 8.43. The lowest BCUT2D eigenvalue weighted by Gasteiger charge is -2.28. The summed E-state index contributed by atoms with van der Waals surface area (Å²) in [5.74, 6) is 1.18. The first-order valence-corrected chi connectivity index (χ1v) is 11.2. The Morgan fingerprint density at radius 2 is 2.19 bits per heavy atom. The first kappa shape index (κ1) is 22.3. The van der Waals surface area contributed by atoms with Crippen LogP contribution in [0.25, 0.3) is 11.3 Å². The molecule has 3 heterocycles. The van der Waals surface area contributed by atoms with E-state index in [0.717, 1.165) is 28.6 Å². The molecule has 0 radical (unpaired) electrons. The van der Waals surface area contributed by atoms with Crippen LogP contribution in [0, 0.1) is 0 Å². The quantitative estimate of drug-likeness (QED) is 0.577. The summed E-state index contributed by atoms with van der Waals surface area (Å²) in [5, 5.41) is 2.59. The Kier molecular flexibility index (Phi) is 7.11. The van der Waals surface area contributed by atoms with Gasteiger partial charge in [0.05, 0.1) is 32.1 Å². The number of amides is 2. The number of rotatable bonds is 1. The van der Waals surface area contributed by atoms with Crippen molar-refractivity contribution in [3.63, 3.8) is 0 Å². The third kappa shape index (κ3) is 4.97. The number of imidazole rings is 1. The van der Waals surface area contributed by atoms with Crippen LogP contribution in [0.2, 0.25) is 0 Å². The maximum atomic E-state index is 13.3. The molecular formula is C22H25BrN4O5. The molecule has 1 saturated heterocycles. The number of hydrogen-bond donors (Lipinski definition) is 2.